The second-order valence-electron chi connectivity index (χ2n) is 10.2. The van der Waals surface area contributed by atoms with Crippen LogP contribution in [0.3, 0.4) is 0 Å². The van der Waals surface area contributed by atoms with E-state index >= 15 is 0 Å². The molecule has 4 aromatic carbocycles. The summed E-state index contributed by atoms with van der Waals surface area (Å²) in [5.74, 6) is -0.864. The first-order valence-corrected chi connectivity index (χ1v) is 12.9. The number of fused-ring (bicyclic) bond motifs is 5. The number of hydrogen-bond donors (Lipinski definition) is 0. The summed E-state index contributed by atoms with van der Waals surface area (Å²) in [6.07, 6.45) is 1.72. The van der Waals surface area contributed by atoms with Crippen LogP contribution < -0.4 is 4.74 Å². The van der Waals surface area contributed by atoms with E-state index in [1.165, 1.54) is 0 Å². The van der Waals surface area contributed by atoms with Crippen LogP contribution in [0.4, 0.5) is 0 Å². The molecule has 0 bridgehead atoms. The average molecular weight is 513 g/mol. The fourth-order valence-electron chi connectivity index (χ4n) is 6.74. The van der Waals surface area contributed by atoms with Crippen molar-refractivity contribution in [2.75, 3.05) is 7.11 Å². The van der Waals surface area contributed by atoms with Crippen LogP contribution in [0, 0.1) is 5.41 Å². The Bertz CT molecular complexity index is 1640. The molecule has 6 nitrogen and oxygen atoms in total. The first-order valence-electron chi connectivity index (χ1n) is 12.9. The molecule has 0 N–H and O–H groups in total. The normalized spacial score (nSPS) is 22.0. The molecule has 1 aliphatic carbocycles. The van der Waals surface area contributed by atoms with E-state index in [0.29, 0.717) is 22.4 Å². The van der Waals surface area contributed by atoms with E-state index in [4.69, 9.17) is 9.84 Å². The summed E-state index contributed by atoms with van der Waals surface area (Å²) in [5.41, 5.74) is 2.09. The molecule has 1 saturated heterocycles. The fraction of sp³-hybridized carbons (Fsp3) is 0.152. The van der Waals surface area contributed by atoms with Crippen molar-refractivity contribution < 1.29 is 19.1 Å². The van der Waals surface area contributed by atoms with Crippen molar-refractivity contribution in [1.29, 1.82) is 0 Å². The summed E-state index contributed by atoms with van der Waals surface area (Å²) in [6.45, 7) is 0. The number of hydrogen-bond acceptors (Lipinski definition) is 6. The number of Topliss-reactive ketones (excluding diaryl/α,β-unsaturated/α-hetero) is 3. The maximum atomic E-state index is 14.6. The molecule has 0 amide bonds. The van der Waals surface area contributed by atoms with E-state index in [9.17, 15) is 14.4 Å². The van der Waals surface area contributed by atoms with Crippen LogP contribution in [-0.2, 0) is 0 Å². The van der Waals surface area contributed by atoms with Crippen molar-refractivity contribution in [1.82, 2.24) is 5.01 Å². The molecule has 190 valence electrons. The molecule has 0 radical (unpaired) electrons. The smallest absolute Gasteiger partial charge is 0.187 e. The lowest BCUT2D eigenvalue weighted by Gasteiger charge is -2.36. The van der Waals surface area contributed by atoms with Gasteiger partial charge in [0.2, 0.25) is 0 Å². The van der Waals surface area contributed by atoms with Gasteiger partial charge in [0.15, 0.2) is 17.3 Å². The van der Waals surface area contributed by atoms with E-state index in [1.54, 1.807) is 66.9 Å². The molecular weight excluding hydrogens is 488 g/mol. The number of carbonyl (C=O) groups excluding carboxylic acids is 3. The lowest BCUT2D eigenvalue weighted by molar-refractivity contribution is 0.0586. The Morgan fingerprint density at radius 3 is 2.08 bits per heavy atom. The Hall–Kier alpha value is -4.84. The molecule has 39 heavy (non-hydrogen) atoms. The zero-order chi connectivity index (χ0) is 26.7. The molecule has 1 fully saturated rings. The maximum Gasteiger partial charge on any atom is 0.187 e. The van der Waals surface area contributed by atoms with Crippen molar-refractivity contribution in [2.45, 2.75) is 18.0 Å². The van der Waals surface area contributed by atoms with Crippen LogP contribution in [0.1, 0.15) is 59.7 Å². The van der Waals surface area contributed by atoms with Crippen LogP contribution in [0.2, 0.25) is 0 Å². The topological polar surface area (TPSA) is 76.0 Å². The Kier molecular flexibility index (Phi) is 5.13. The van der Waals surface area contributed by atoms with Crippen molar-refractivity contribution in [2.24, 2.45) is 10.5 Å². The maximum absolute atomic E-state index is 14.6. The minimum absolute atomic E-state index is 0.207. The predicted molar refractivity (Wildman–Crippen MR) is 146 cm³/mol. The Morgan fingerprint density at radius 2 is 1.41 bits per heavy atom. The number of rotatable bonds is 4. The number of methoxy groups -OCH3 is 1. The minimum atomic E-state index is -1.56. The zero-order valence-corrected chi connectivity index (χ0v) is 21.2. The third kappa shape index (κ3) is 3.08. The highest BCUT2D eigenvalue weighted by Crippen LogP contribution is 2.64. The van der Waals surface area contributed by atoms with E-state index in [-0.39, 0.29) is 17.3 Å². The van der Waals surface area contributed by atoms with Gasteiger partial charge in [0.1, 0.15) is 17.2 Å². The SMILES string of the molecule is COc1ccc(C(=O)[C@H]2[C@H](c3ccccc3)C3(C(=O)c4ccccc4C3=O)[C@@H]3c4ccccc4C=NN32)cc1. The third-order valence-corrected chi connectivity index (χ3v) is 8.38. The minimum Gasteiger partial charge on any atom is -0.497 e. The quantitative estimate of drug-likeness (QED) is 0.267. The number of hydrazone groups is 1. The number of carbonyl (C=O) groups is 3. The van der Waals surface area contributed by atoms with Gasteiger partial charge in [0, 0.05) is 22.6 Å². The molecule has 4 aromatic rings. The van der Waals surface area contributed by atoms with Gasteiger partial charge in [-0.3, -0.25) is 19.4 Å². The van der Waals surface area contributed by atoms with E-state index in [1.807, 2.05) is 54.6 Å². The molecule has 2 aliphatic heterocycles. The summed E-state index contributed by atoms with van der Waals surface area (Å²) in [6, 6.07) is 29.4. The fourth-order valence-corrected chi connectivity index (χ4v) is 6.74. The van der Waals surface area contributed by atoms with Crippen LogP contribution in [0.25, 0.3) is 0 Å². The summed E-state index contributed by atoms with van der Waals surface area (Å²) in [5, 5.41) is 6.50. The summed E-state index contributed by atoms with van der Waals surface area (Å²) < 4.78 is 5.30. The first-order chi connectivity index (χ1) is 19.1. The van der Waals surface area contributed by atoms with Gasteiger partial charge >= 0.3 is 0 Å². The molecule has 3 aliphatic rings. The lowest BCUT2D eigenvalue weighted by atomic mass is 9.63. The van der Waals surface area contributed by atoms with Crippen LogP contribution in [0.5, 0.6) is 5.75 Å². The van der Waals surface area contributed by atoms with Gasteiger partial charge in [-0.2, -0.15) is 5.10 Å². The molecule has 1 spiro atoms. The molecule has 0 saturated carbocycles. The van der Waals surface area contributed by atoms with Gasteiger partial charge in [-0.25, -0.2) is 0 Å². The lowest BCUT2D eigenvalue weighted by Crippen LogP contribution is -2.43. The zero-order valence-electron chi connectivity index (χ0n) is 21.2. The average Bonchev–Trinajstić information content (AvgIpc) is 3.43. The monoisotopic (exact) mass is 512 g/mol. The summed E-state index contributed by atoms with van der Waals surface area (Å²) >= 11 is 0. The van der Waals surface area contributed by atoms with Crippen molar-refractivity contribution in [3.05, 3.63) is 137 Å². The van der Waals surface area contributed by atoms with Gasteiger partial charge in [-0.05, 0) is 41.0 Å². The van der Waals surface area contributed by atoms with Gasteiger partial charge in [-0.1, -0.05) is 78.9 Å². The Balaban J connectivity index is 1.52. The molecule has 0 aromatic heterocycles. The molecule has 2 heterocycles. The van der Waals surface area contributed by atoms with Crippen molar-refractivity contribution in [3.63, 3.8) is 0 Å². The largest absolute Gasteiger partial charge is 0.497 e. The van der Waals surface area contributed by atoms with Gasteiger partial charge in [0.05, 0.1) is 19.4 Å². The molecule has 7 rings (SSSR count). The molecule has 6 heteroatoms. The predicted octanol–water partition coefficient (Wildman–Crippen LogP) is 5.50. The van der Waals surface area contributed by atoms with Crippen LogP contribution >= 0.6 is 0 Å². The van der Waals surface area contributed by atoms with E-state index in [0.717, 1.165) is 16.7 Å². The van der Waals surface area contributed by atoms with E-state index in [2.05, 4.69) is 0 Å². The van der Waals surface area contributed by atoms with Gasteiger partial charge < -0.3 is 4.74 Å². The van der Waals surface area contributed by atoms with E-state index < -0.39 is 23.4 Å². The number of ketones is 3. The van der Waals surface area contributed by atoms with Crippen LogP contribution in [-0.4, -0.2) is 41.7 Å². The number of nitrogens with zero attached hydrogens (tertiary/aromatic N) is 2. The van der Waals surface area contributed by atoms with Gasteiger partial charge in [-0.15, -0.1) is 0 Å². The van der Waals surface area contributed by atoms with Crippen molar-refractivity contribution >= 4 is 23.6 Å². The Labute approximate surface area is 225 Å². The van der Waals surface area contributed by atoms with Crippen LogP contribution in [0.15, 0.2) is 108 Å². The second kappa shape index (κ2) is 8.60. The number of ether oxygens (including phenoxy) is 1. The number of benzene rings is 4. The highest BCUT2D eigenvalue weighted by molar-refractivity contribution is 6.31. The summed E-state index contributed by atoms with van der Waals surface area (Å²) in [4.78, 5) is 43.7. The Morgan fingerprint density at radius 1 is 0.795 bits per heavy atom. The molecule has 3 atom stereocenters. The van der Waals surface area contributed by atoms with Crippen molar-refractivity contribution in [3.8, 4) is 5.75 Å². The first kappa shape index (κ1) is 23.3. The standard InChI is InChI=1S/C33H24N2O4/c1-39-23-17-15-21(16-18-23)29(36)28-27(20-9-3-2-4-10-20)33(31(37)25-13-7-8-14-26(25)32(33)38)30-24-12-6-5-11-22(24)19-34-35(28)30/h2-19,27-28,30H,1H3/t27-,28+,30-/m0/s1. The highest BCUT2D eigenvalue weighted by atomic mass is 16.5. The molecule has 0 unspecified atom stereocenters. The summed E-state index contributed by atoms with van der Waals surface area (Å²) in [7, 11) is 1.57. The van der Waals surface area contributed by atoms with Gasteiger partial charge in [0.25, 0.3) is 0 Å². The second-order valence-corrected chi connectivity index (χ2v) is 10.2. The third-order valence-electron chi connectivity index (χ3n) is 8.38. The molecular formula is C33H24N2O4. The highest BCUT2D eigenvalue weighted by Gasteiger charge is 2.72.